The first-order chi connectivity index (χ1) is 12.0. The molecule has 0 aliphatic carbocycles. The second-order valence-corrected chi connectivity index (χ2v) is 7.02. The van der Waals surface area contributed by atoms with Gasteiger partial charge in [-0.1, -0.05) is 24.6 Å². The van der Waals surface area contributed by atoms with E-state index in [0.717, 1.165) is 32.4 Å². The van der Waals surface area contributed by atoms with E-state index in [2.05, 4.69) is 5.32 Å². The number of likely N-dealkylation sites (tertiary alicyclic amines) is 1. The number of carbonyl (C=O) groups is 2. The minimum absolute atomic E-state index is 0.0633. The predicted octanol–water partition coefficient (Wildman–Crippen LogP) is 4.38. The van der Waals surface area contributed by atoms with Crippen LogP contribution in [0.4, 0.5) is 10.5 Å². The number of halogens is 1. The Morgan fingerprint density at radius 1 is 1.28 bits per heavy atom. The molecule has 2 rings (SSSR count). The van der Waals surface area contributed by atoms with E-state index in [0.29, 0.717) is 23.7 Å². The Kier molecular flexibility index (Phi) is 7.56. The number of anilines is 1. The summed E-state index contributed by atoms with van der Waals surface area (Å²) in [7, 11) is 0. The fourth-order valence-electron chi connectivity index (χ4n) is 3.02. The smallest absolute Gasteiger partial charge is 0.322 e. The minimum atomic E-state index is -0.192. The lowest BCUT2D eigenvalue weighted by molar-refractivity contribution is -0.132. The quantitative estimate of drug-likeness (QED) is 0.813. The molecule has 1 N–H and O–H groups in total. The zero-order valence-corrected chi connectivity index (χ0v) is 15.9. The number of hydrogen-bond donors (Lipinski definition) is 1. The summed E-state index contributed by atoms with van der Waals surface area (Å²) in [6, 6.07) is 6.95. The maximum Gasteiger partial charge on any atom is 0.322 e. The van der Waals surface area contributed by atoms with Crippen LogP contribution in [0.3, 0.4) is 0 Å². The first-order valence-corrected chi connectivity index (χ1v) is 9.50. The Morgan fingerprint density at radius 2 is 2.00 bits per heavy atom. The van der Waals surface area contributed by atoms with E-state index in [-0.39, 0.29) is 18.0 Å². The van der Waals surface area contributed by atoms with Crippen molar-refractivity contribution in [2.75, 3.05) is 25.0 Å². The van der Waals surface area contributed by atoms with Gasteiger partial charge in [0.1, 0.15) is 0 Å². The number of hydrogen-bond acceptors (Lipinski definition) is 2. The van der Waals surface area contributed by atoms with Crippen LogP contribution in [0.25, 0.3) is 0 Å². The van der Waals surface area contributed by atoms with Gasteiger partial charge in [-0.2, -0.15) is 0 Å². The highest BCUT2D eigenvalue weighted by Crippen LogP contribution is 2.17. The summed E-state index contributed by atoms with van der Waals surface area (Å²) >= 11 is 5.97. The van der Waals surface area contributed by atoms with Crippen molar-refractivity contribution < 1.29 is 9.59 Å². The summed E-state index contributed by atoms with van der Waals surface area (Å²) in [6.45, 7) is 6.16. The monoisotopic (exact) mass is 365 g/mol. The molecule has 1 unspecified atom stereocenters. The van der Waals surface area contributed by atoms with Crippen LogP contribution in [0.5, 0.6) is 0 Å². The van der Waals surface area contributed by atoms with Crippen molar-refractivity contribution in [3.8, 4) is 0 Å². The highest BCUT2D eigenvalue weighted by Gasteiger charge is 2.22. The Bertz CT molecular complexity index is 588. The molecule has 138 valence electrons. The molecule has 6 heteroatoms. The summed E-state index contributed by atoms with van der Waals surface area (Å²) < 4.78 is 0. The highest BCUT2D eigenvalue weighted by molar-refractivity contribution is 6.30. The lowest BCUT2D eigenvalue weighted by Crippen LogP contribution is -2.44. The highest BCUT2D eigenvalue weighted by atomic mass is 35.5. The third kappa shape index (κ3) is 5.92. The van der Waals surface area contributed by atoms with Crippen molar-refractivity contribution in [3.05, 3.63) is 29.3 Å². The number of urea groups is 1. The van der Waals surface area contributed by atoms with Gasteiger partial charge in [-0.25, -0.2) is 4.79 Å². The number of carbonyl (C=O) groups excluding carboxylic acids is 2. The van der Waals surface area contributed by atoms with Gasteiger partial charge >= 0.3 is 6.03 Å². The Labute approximate surface area is 155 Å². The fraction of sp³-hybridized carbons (Fsp3) is 0.579. The van der Waals surface area contributed by atoms with Gasteiger partial charge in [0.05, 0.1) is 0 Å². The lowest BCUT2D eigenvalue weighted by Gasteiger charge is -2.31. The second-order valence-electron chi connectivity index (χ2n) is 6.58. The number of amides is 3. The molecule has 1 saturated heterocycles. The van der Waals surface area contributed by atoms with Crippen LogP contribution < -0.4 is 5.32 Å². The Balaban J connectivity index is 1.95. The molecule has 1 aromatic carbocycles. The average Bonchev–Trinajstić information content (AvgIpc) is 2.62. The molecule has 3 amide bonds. The Hall–Kier alpha value is -1.75. The molecule has 25 heavy (non-hydrogen) atoms. The van der Waals surface area contributed by atoms with Gasteiger partial charge in [0.15, 0.2) is 0 Å². The molecule has 1 aliphatic heterocycles. The molecule has 0 radical (unpaired) electrons. The first-order valence-electron chi connectivity index (χ1n) is 9.12. The topological polar surface area (TPSA) is 52.7 Å². The predicted molar refractivity (Wildman–Crippen MR) is 102 cm³/mol. The van der Waals surface area contributed by atoms with Crippen LogP contribution in [-0.2, 0) is 4.79 Å². The largest absolute Gasteiger partial charge is 0.343 e. The van der Waals surface area contributed by atoms with Crippen LogP contribution in [0, 0.1) is 0 Å². The average molecular weight is 366 g/mol. The number of nitrogens with zero attached hydrogens (tertiary/aromatic N) is 2. The van der Waals surface area contributed by atoms with Crippen molar-refractivity contribution in [3.63, 3.8) is 0 Å². The van der Waals surface area contributed by atoms with E-state index in [9.17, 15) is 9.59 Å². The van der Waals surface area contributed by atoms with Crippen LogP contribution in [0.15, 0.2) is 24.3 Å². The molecular weight excluding hydrogens is 338 g/mol. The maximum absolute atomic E-state index is 12.7. The van der Waals surface area contributed by atoms with Gasteiger partial charge in [-0.05, 0) is 50.8 Å². The Morgan fingerprint density at radius 3 is 2.64 bits per heavy atom. The summed E-state index contributed by atoms with van der Waals surface area (Å²) in [4.78, 5) is 28.7. The molecule has 1 atom stereocenters. The third-order valence-corrected chi connectivity index (χ3v) is 4.97. The van der Waals surface area contributed by atoms with Crippen molar-refractivity contribution in [1.82, 2.24) is 9.80 Å². The van der Waals surface area contributed by atoms with Crippen LogP contribution in [0.2, 0.25) is 5.02 Å². The van der Waals surface area contributed by atoms with Crippen LogP contribution in [-0.4, -0.2) is 47.4 Å². The summed E-state index contributed by atoms with van der Waals surface area (Å²) in [5, 5.41) is 3.46. The van der Waals surface area contributed by atoms with Gasteiger partial charge < -0.3 is 15.1 Å². The van der Waals surface area contributed by atoms with Crippen molar-refractivity contribution in [1.29, 1.82) is 0 Å². The van der Waals surface area contributed by atoms with E-state index < -0.39 is 0 Å². The second kappa shape index (κ2) is 9.66. The SMILES string of the molecule is CCC(C)N(CCC(=O)N1CCCCC1)C(=O)Nc1cccc(Cl)c1. The minimum Gasteiger partial charge on any atom is -0.343 e. The fourth-order valence-corrected chi connectivity index (χ4v) is 3.21. The van der Waals surface area contributed by atoms with Crippen LogP contribution >= 0.6 is 11.6 Å². The lowest BCUT2D eigenvalue weighted by atomic mass is 10.1. The van der Waals surface area contributed by atoms with Crippen LogP contribution in [0.1, 0.15) is 46.0 Å². The molecule has 1 aromatic rings. The van der Waals surface area contributed by atoms with Crippen molar-refractivity contribution in [2.24, 2.45) is 0 Å². The zero-order valence-electron chi connectivity index (χ0n) is 15.1. The normalized spacial score (nSPS) is 15.6. The molecular formula is C19H28ClN3O2. The standard InChI is InChI=1S/C19H28ClN3O2/c1-3-15(2)23(13-10-18(24)22-11-5-4-6-12-22)19(25)21-17-9-7-8-16(20)14-17/h7-9,14-15H,3-6,10-13H2,1-2H3,(H,21,25). The van der Waals surface area contributed by atoms with E-state index in [4.69, 9.17) is 11.6 Å². The number of benzene rings is 1. The molecule has 0 aromatic heterocycles. The van der Waals surface area contributed by atoms with Crippen molar-refractivity contribution in [2.45, 2.75) is 52.0 Å². The maximum atomic E-state index is 12.7. The molecule has 1 heterocycles. The zero-order chi connectivity index (χ0) is 18.2. The van der Waals surface area contributed by atoms with E-state index in [1.807, 2.05) is 18.7 Å². The number of rotatable bonds is 6. The molecule has 5 nitrogen and oxygen atoms in total. The summed E-state index contributed by atoms with van der Waals surface area (Å²) in [5.41, 5.74) is 0.660. The number of nitrogens with one attached hydrogen (secondary N) is 1. The van der Waals surface area contributed by atoms with E-state index in [1.165, 1.54) is 6.42 Å². The molecule has 0 spiro atoms. The first kappa shape index (κ1) is 19.6. The van der Waals surface area contributed by atoms with Crippen molar-refractivity contribution >= 4 is 29.2 Å². The molecule has 0 saturated carbocycles. The van der Waals surface area contributed by atoms with E-state index >= 15 is 0 Å². The summed E-state index contributed by atoms with van der Waals surface area (Å²) in [6.07, 6.45) is 4.56. The van der Waals surface area contributed by atoms with E-state index in [1.54, 1.807) is 29.2 Å². The van der Waals surface area contributed by atoms with Gasteiger partial charge in [0.2, 0.25) is 5.91 Å². The summed E-state index contributed by atoms with van der Waals surface area (Å²) in [5.74, 6) is 0.142. The van der Waals surface area contributed by atoms with Gasteiger partial charge in [0, 0.05) is 42.8 Å². The van der Waals surface area contributed by atoms with Gasteiger partial charge in [-0.15, -0.1) is 0 Å². The molecule has 1 aliphatic rings. The molecule has 1 fully saturated rings. The molecule has 0 bridgehead atoms. The van der Waals surface area contributed by atoms with Gasteiger partial charge in [0.25, 0.3) is 0 Å². The third-order valence-electron chi connectivity index (χ3n) is 4.73. The number of piperidine rings is 1. The van der Waals surface area contributed by atoms with Gasteiger partial charge in [-0.3, -0.25) is 4.79 Å².